The summed E-state index contributed by atoms with van der Waals surface area (Å²) >= 11 is 0. The lowest BCUT2D eigenvalue weighted by molar-refractivity contribution is -0.0472. The van der Waals surface area contributed by atoms with Gasteiger partial charge >= 0.3 is 0 Å². The molecule has 3 aromatic rings. The first-order valence-electron chi connectivity index (χ1n) is 8.26. The molecule has 4 rings (SSSR count). The molecule has 0 N–H and O–H groups in total. The lowest BCUT2D eigenvalue weighted by Gasteiger charge is -2.28. The molecule has 0 atom stereocenters. The summed E-state index contributed by atoms with van der Waals surface area (Å²) in [6.07, 6.45) is 6.65. The number of hydrogen-bond acceptors (Lipinski definition) is 3. The van der Waals surface area contributed by atoms with Crippen LogP contribution in [0.2, 0.25) is 0 Å². The highest BCUT2D eigenvalue weighted by atomic mass is 19.3. The maximum Gasteiger partial charge on any atom is 0.248 e. The molecule has 1 aliphatic rings. The summed E-state index contributed by atoms with van der Waals surface area (Å²) in [6.45, 7) is 2.63. The molecule has 6 heteroatoms. The number of halogens is 2. The predicted molar refractivity (Wildman–Crippen MR) is 86.9 cm³/mol. The van der Waals surface area contributed by atoms with Crippen LogP contribution in [0.3, 0.4) is 0 Å². The zero-order valence-corrected chi connectivity index (χ0v) is 13.5. The van der Waals surface area contributed by atoms with Crippen molar-refractivity contribution in [2.24, 2.45) is 5.92 Å². The maximum atomic E-state index is 13.3. The molecular weight excluding hydrogens is 312 g/mol. The van der Waals surface area contributed by atoms with E-state index in [2.05, 4.69) is 20.8 Å². The normalized spacial score (nSPS) is 18.3. The molecule has 0 aliphatic heterocycles. The molecule has 0 bridgehead atoms. The molecule has 3 heterocycles. The van der Waals surface area contributed by atoms with Crippen molar-refractivity contribution in [1.29, 1.82) is 0 Å². The Kier molecular flexibility index (Phi) is 3.62. The molecule has 0 radical (unpaired) electrons. The fraction of sp³-hybridized carbons (Fsp3) is 0.444. The number of hydrogen-bond donors (Lipinski definition) is 0. The Labute approximate surface area is 138 Å². The molecular formula is C18H19F2N3O. The molecule has 0 aromatic carbocycles. The van der Waals surface area contributed by atoms with Gasteiger partial charge in [-0.25, -0.2) is 8.78 Å². The van der Waals surface area contributed by atoms with Crippen molar-refractivity contribution in [1.82, 2.24) is 14.7 Å². The van der Waals surface area contributed by atoms with Gasteiger partial charge in [0.05, 0.1) is 17.2 Å². The quantitative estimate of drug-likeness (QED) is 0.691. The SMILES string of the molecule is Cc1oncc1-c1cnc2ccn(CC3CCC(F)(F)CC3)c2c1. The monoisotopic (exact) mass is 331 g/mol. The molecule has 0 unspecified atom stereocenters. The number of alkyl halides is 2. The molecule has 0 saturated heterocycles. The van der Waals surface area contributed by atoms with Crippen LogP contribution in [-0.4, -0.2) is 20.6 Å². The minimum atomic E-state index is -2.48. The van der Waals surface area contributed by atoms with Gasteiger partial charge in [0.2, 0.25) is 5.92 Å². The molecule has 4 nitrogen and oxygen atoms in total. The van der Waals surface area contributed by atoms with Crippen LogP contribution in [-0.2, 0) is 6.54 Å². The zero-order valence-electron chi connectivity index (χ0n) is 13.5. The van der Waals surface area contributed by atoms with Crippen molar-refractivity contribution in [2.75, 3.05) is 0 Å². The minimum absolute atomic E-state index is 0.000249. The fourth-order valence-electron chi connectivity index (χ4n) is 3.51. The third kappa shape index (κ3) is 2.81. The molecule has 0 spiro atoms. The molecule has 24 heavy (non-hydrogen) atoms. The lowest BCUT2D eigenvalue weighted by atomic mass is 9.87. The van der Waals surface area contributed by atoms with Crippen molar-refractivity contribution in [3.05, 3.63) is 36.5 Å². The highest BCUT2D eigenvalue weighted by molar-refractivity contribution is 5.81. The molecule has 1 aliphatic carbocycles. The second kappa shape index (κ2) is 5.69. The van der Waals surface area contributed by atoms with Gasteiger partial charge in [-0.2, -0.15) is 0 Å². The summed E-state index contributed by atoms with van der Waals surface area (Å²) in [4.78, 5) is 4.50. The Balaban J connectivity index is 1.61. The minimum Gasteiger partial charge on any atom is -0.361 e. The van der Waals surface area contributed by atoms with E-state index in [1.807, 2.05) is 25.4 Å². The summed E-state index contributed by atoms with van der Waals surface area (Å²) in [7, 11) is 0. The van der Waals surface area contributed by atoms with Crippen molar-refractivity contribution >= 4 is 11.0 Å². The topological polar surface area (TPSA) is 43.9 Å². The standard InChI is InChI=1S/C18H19F2N3O/c1-12-15(10-22-24-12)14-8-17-16(21-9-14)4-7-23(17)11-13-2-5-18(19,20)6-3-13/h4,7-10,13H,2-3,5-6,11H2,1H3. The Hall–Kier alpha value is -2.24. The largest absolute Gasteiger partial charge is 0.361 e. The van der Waals surface area contributed by atoms with Crippen LogP contribution in [0.1, 0.15) is 31.4 Å². The van der Waals surface area contributed by atoms with Crippen LogP contribution in [0.4, 0.5) is 8.78 Å². The van der Waals surface area contributed by atoms with Crippen LogP contribution < -0.4 is 0 Å². The summed E-state index contributed by atoms with van der Waals surface area (Å²) in [5.74, 6) is -1.43. The first kappa shape index (κ1) is 15.3. The summed E-state index contributed by atoms with van der Waals surface area (Å²) < 4.78 is 33.9. The Morgan fingerprint density at radius 2 is 2.08 bits per heavy atom. The van der Waals surface area contributed by atoms with Crippen LogP contribution >= 0.6 is 0 Å². The molecule has 1 fully saturated rings. The van der Waals surface area contributed by atoms with Gasteiger partial charge in [-0.15, -0.1) is 0 Å². The van der Waals surface area contributed by atoms with Crippen LogP contribution in [0.5, 0.6) is 0 Å². The first-order valence-corrected chi connectivity index (χ1v) is 8.26. The van der Waals surface area contributed by atoms with Gasteiger partial charge in [0.15, 0.2) is 0 Å². The number of aromatic nitrogens is 3. The van der Waals surface area contributed by atoms with Gasteiger partial charge in [0.1, 0.15) is 5.76 Å². The van der Waals surface area contributed by atoms with Gasteiger partial charge in [-0.3, -0.25) is 4.98 Å². The first-order chi connectivity index (χ1) is 11.5. The molecule has 3 aromatic heterocycles. The van der Waals surface area contributed by atoms with E-state index < -0.39 is 5.92 Å². The second-order valence-corrected chi connectivity index (χ2v) is 6.69. The number of nitrogens with zero attached hydrogens (tertiary/aromatic N) is 3. The average molecular weight is 331 g/mol. The third-order valence-corrected chi connectivity index (χ3v) is 4.97. The Morgan fingerprint density at radius 1 is 1.29 bits per heavy atom. The van der Waals surface area contributed by atoms with Gasteiger partial charge in [-0.1, -0.05) is 5.16 Å². The van der Waals surface area contributed by atoms with Gasteiger partial charge in [-0.05, 0) is 37.8 Å². The number of pyridine rings is 1. The van der Waals surface area contributed by atoms with E-state index in [1.165, 1.54) is 0 Å². The number of aryl methyl sites for hydroxylation is 1. The van der Waals surface area contributed by atoms with Crippen LogP contribution in [0, 0.1) is 12.8 Å². The van der Waals surface area contributed by atoms with Gasteiger partial charge in [0.25, 0.3) is 0 Å². The van der Waals surface area contributed by atoms with Gasteiger partial charge < -0.3 is 9.09 Å². The number of fused-ring (bicyclic) bond motifs is 1. The van der Waals surface area contributed by atoms with E-state index in [1.54, 1.807) is 6.20 Å². The Bertz CT molecular complexity index is 858. The lowest BCUT2D eigenvalue weighted by Crippen LogP contribution is -2.26. The van der Waals surface area contributed by atoms with Crippen LogP contribution in [0.25, 0.3) is 22.2 Å². The van der Waals surface area contributed by atoms with E-state index in [9.17, 15) is 8.78 Å². The third-order valence-electron chi connectivity index (χ3n) is 4.97. The highest BCUT2D eigenvalue weighted by Crippen LogP contribution is 2.37. The molecule has 1 saturated carbocycles. The zero-order chi connectivity index (χ0) is 16.7. The molecule has 0 amide bonds. The Morgan fingerprint density at radius 3 is 2.79 bits per heavy atom. The maximum absolute atomic E-state index is 13.3. The van der Waals surface area contributed by atoms with Crippen molar-refractivity contribution < 1.29 is 13.3 Å². The fourth-order valence-corrected chi connectivity index (χ4v) is 3.51. The predicted octanol–water partition coefficient (Wildman–Crippen LogP) is 4.83. The summed E-state index contributed by atoms with van der Waals surface area (Å²) in [6, 6.07) is 4.04. The number of rotatable bonds is 3. The van der Waals surface area contributed by atoms with E-state index >= 15 is 0 Å². The smallest absolute Gasteiger partial charge is 0.248 e. The molecule has 126 valence electrons. The van der Waals surface area contributed by atoms with Crippen molar-refractivity contribution in [3.8, 4) is 11.1 Å². The van der Waals surface area contributed by atoms with E-state index in [0.717, 1.165) is 34.5 Å². The summed E-state index contributed by atoms with van der Waals surface area (Å²) in [5.41, 5.74) is 3.81. The van der Waals surface area contributed by atoms with Crippen molar-refractivity contribution in [2.45, 2.75) is 45.1 Å². The summed E-state index contributed by atoms with van der Waals surface area (Å²) in [5, 5.41) is 3.81. The highest BCUT2D eigenvalue weighted by Gasteiger charge is 2.34. The van der Waals surface area contributed by atoms with Gasteiger partial charge in [0, 0.05) is 42.9 Å². The second-order valence-electron chi connectivity index (χ2n) is 6.69. The van der Waals surface area contributed by atoms with Crippen molar-refractivity contribution in [3.63, 3.8) is 0 Å². The van der Waals surface area contributed by atoms with E-state index in [4.69, 9.17) is 4.52 Å². The van der Waals surface area contributed by atoms with Crippen LogP contribution in [0.15, 0.2) is 35.2 Å². The average Bonchev–Trinajstić information content (AvgIpc) is 3.15. The van der Waals surface area contributed by atoms with E-state index in [-0.39, 0.29) is 12.8 Å². The van der Waals surface area contributed by atoms with E-state index in [0.29, 0.717) is 18.8 Å².